The molecule has 3 nitrogen and oxygen atoms in total. The molecule has 0 saturated carbocycles. The van der Waals surface area contributed by atoms with Crippen LogP contribution in [0, 0.1) is 5.82 Å². The minimum absolute atomic E-state index is 0.299. The van der Waals surface area contributed by atoms with E-state index in [1.807, 2.05) is 0 Å². The molecule has 0 amide bonds. The predicted octanol–water partition coefficient (Wildman–Crippen LogP) is 2.25. The average molecular weight is 208 g/mol. The number of hydrogen-bond donors (Lipinski definition) is 1. The molecule has 0 saturated heterocycles. The van der Waals surface area contributed by atoms with Crippen LogP contribution in [0.5, 0.6) is 0 Å². The second-order valence-corrected chi connectivity index (χ2v) is 3.47. The van der Waals surface area contributed by atoms with E-state index in [9.17, 15) is 4.39 Å². The second kappa shape index (κ2) is 4.40. The van der Waals surface area contributed by atoms with Gasteiger partial charge in [0.1, 0.15) is 11.3 Å². The third kappa shape index (κ3) is 2.33. The van der Waals surface area contributed by atoms with E-state index in [0.29, 0.717) is 23.5 Å². The molecule has 0 aliphatic carbocycles. The Morgan fingerprint density at radius 1 is 1.33 bits per heavy atom. The molecule has 0 fully saturated rings. The number of unbranched alkanes of at least 4 members (excludes halogenated alkanes) is 1. The molecule has 0 aliphatic heterocycles. The molecule has 2 N–H and O–H groups in total. The average Bonchev–Trinajstić information content (AvgIpc) is 2.60. The van der Waals surface area contributed by atoms with E-state index >= 15 is 0 Å². The van der Waals surface area contributed by atoms with Crippen molar-refractivity contribution in [3.63, 3.8) is 0 Å². The van der Waals surface area contributed by atoms with E-state index < -0.39 is 0 Å². The third-order valence-electron chi connectivity index (χ3n) is 2.24. The Kier molecular flexibility index (Phi) is 2.97. The number of aryl methyl sites for hydroxylation is 1. The fourth-order valence-electron chi connectivity index (χ4n) is 1.47. The monoisotopic (exact) mass is 208 g/mol. The van der Waals surface area contributed by atoms with Gasteiger partial charge in [0.2, 0.25) is 0 Å². The summed E-state index contributed by atoms with van der Waals surface area (Å²) in [5, 5.41) is 0. The van der Waals surface area contributed by atoms with Crippen LogP contribution in [0.1, 0.15) is 18.7 Å². The summed E-state index contributed by atoms with van der Waals surface area (Å²) in [7, 11) is 0. The Morgan fingerprint density at radius 3 is 3.00 bits per heavy atom. The molecule has 0 atom stereocenters. The van der Waals surface area contributed by atoms with Crippen molar-refractivity contribution in [2.24, 2.45) is 5.73 Å². The molecule has 4 heteroatoms. The van der Waals surface area contributed by atoms with Gasteiger partial charge in [-0.25, -0.2) is 9.37 Å². The zero-order valence-electron chi connectivity index (χ0n) is 8.37. The van der Waals surface area contributed by atoms with E-state index in [1.165, 1.54) is 12.1 Å². The molecule has 0 unspecified atom stereocenters. The highest BCUT2D eigenvalue weighted by Gasteiger charge is 2.05. The minimum Gasteiger partial charge on any atom is -0.441 e. The highest BCUT2D eigenvalue weighted by molar-refractivity contribution is 5.72. The lowest BCUT2D eigenvalue weighted by Crippen LogP contribution is -1.98. The summed E-state index contributed by atoms with van der Waals surface area (Å²) in [6.07, 6.45) is 2.66. The molecule has 80 valence electrons. The largest absolute Gasteiger partial charge is 0.441 e. The van der Waals surface area contributed by atoms with Gasteiger partial charge in [-0.2, -0.15) is 0 Å². The second-order valence-electron chi connectivity index (χ2n) is 3.47. The molecule has 2 rings (SSSR count). The molecule has 0 bridgehead atoms. The molecule has 1 aromatic heterocycles. The number of halogens is 1. The van der Waals surface area contributed by atoms with Gasteiger partial charge in [-0.15, -0.1) is 0 Å². The van der Waals surface area contributed by atoms with Gasteiger partial charge < -0.3 is 10.2 Å². The molecular weight excluding hydrogens is 195 g/mol. The van der Waals surface area contributed by atoms with Crippen molar-refractivity contribution in [3.05, 3.63) is 29.9 Å². The molecule has 0 radical (unpaired) electrons. The first-order valence-electron chi connectivity index (χ1n) is 5.04. The molecular formula is C11H13FN2O. The lowest BCUT2D eigenvalue weighted by molar-refractivity contribution is 0.513. The molecule has 15 heavy (non-hydrogen) atoms. The fraction of sp³-hybridized carbons (Fsp3) is 0.364. The highest BCUT2D eigenvalue weighted by Crippen LogP contribution is 2.17. The van der Waals surface area contributed by atoms with Crippen LogP contribution < -0.4 is 5.73 Å². The van der Waals surface area contributed by atoms with Gasteiger partial charge in [0.15, 0.2) is 11.5 Å². The Hall–Kier alpha value is -1.42. The van der Waals surface area contributed by atoms with E-state index in [-0.39, 0.29) is 5.82 Å². The fourth-order valence-corrected chi connectivity index (χ4v) is 1.47. The maximum atomic E-state index is 12.8. The lowest BCUT2D eigenvalue weighted by Gasteiger charge is -1.92. The van der Waals surface area contributed by atoms with Gasteiger partial charge in [0.25, 0.3) is 0 Å². The van der Waals surface area contributed by atoms with E-state index in [0.717, 1.165) is 19.3 Å². The van der Waals surface area contributed by atoms with Crippen molar-refractivity contribution < 1.29 is 8.81 Å². The Balaban J connectivity index is 2.16. The zero-order chi connectivity index (χ0) is 10.7. The van der Waals surface area contributed by atoms with Crippen LogP contribution in [0.3, 0.4) is 0 Å². The first-order chi connectivity index (χ1) is 7.29. The zero-order valence-corrected chi connectivity index (χ0v) is 8.37. The maximum Gasteiger partial charge on any atom is 0.195 e. The van der Waals surface area contributed by atoms with Crippen LogP contribution in [0.15, 0.2) is 22.6 Å². The van der Waals surface area contributed by atoms with Gasteiger partial charge in [-0.1, -0.05) is 0 Å². The molecule has 2 aromatic rings. The van der Waals surface area contributed by atoms with Gasteiger partial charge >= 0.3 is 0 Å². The number of hydrogen-bond acceptors (Lipinski definition) is 3. The summed E-state index contributed by atoms with van der Waals surface area (Å²) < 4.78 is 18.3. The predicted molar refractivity (Wildman–Crippen MR) is 56.0 cm³/mol. The van der Waals surface area contributed by atoms with Crippen LogP contribution in [0.4, 0.5) is 4.39 Å². The van der Waals surface area contributed by atoms with E-state index in [2.05, 4.69) is 4.98 Å². The number of nitrogens with zero attached hydrogens (tertiary/aromatic N) is 1. The van der Waals surface area contributed by atoms with Crippen LogP contribution in [0.2, 0.25) is 0 Å². The Bertz CT molecular complexity index is 453. The number of benzene rings is 1. The first kappa shape index (κ1) is 10.1. The third-order valence-corrected chi connectivity index (χ3v) is 2.24. The van der Waals surface area contributed by atoms with Crippen LogP contribution in [0.25, 0.3) is 11.1 Å². The van der Waals surface area contributed by atoms with Gasteiger partial charge in [-0.3, -0.25) is 0 Å². The van der Waals surface area contributed by atoms with Crippen molar-refractivity contribution in [1.82, 2.24) is 4.98 Å². The Labute approximate surface area is 87.1 Å². The van der Waals surface area contributed by atoms with Gasteiger partial charge in [0, 0.05) is 12.5 Å². The van der Waals surface area contributed by atoms with Crippen LogP contribution in [-0.4, -0.2) is 11.5 Å². The number of rotatable bonds is 4. The summed E-state index contributed by atoms with van der Waals surface area (Å²) in [4.78, 5) is 4.25. The smallest absolute Gasteiger partial charge is 0.195 e. The normalized spacial score (nSPS) is 11.1. The van der Waals surface area contributed by atoms with Gasteiger partial charge in [-0.05, 0) is 31.5 Å². The highest BCUT2D eigenvalue weighted by atomic mass is 19.1. The first-order valence-corrected chi connectivity index (χ1v) is 5.04. The summed E-state index contributed by atoms with van der Waals surface area (Å²) in [5.41, 5.74) is 6.61. The topological polar surface area (TPSA) is 52.0 Å². The SMILES string of the molecule is NCCCCc1nc2ccc(F)cc2o1. The summed E-state index contributed by atoms with van der Waals surface area (Å²) in [5.74, 6) is 0.358. The van der Waals surface area contributed by atoms with Crippen molar-refractivity contribution >= 4 is 11.1 Å². The number of nitrogens with two attached hydrogens (primary N) is 1. The quantitative estimate of drug-likeness (QED) is 0.784. The number of aromatic nitrogens is 1. The van der Waals surface area contributed by atoms with E-state index in [4.69, 9.17) is 10.2 Å². The van der Waals surface area contributed by atoms with E-state index in [1.54, 1.807) is 6.07 Å². The summed E-state index contributed by atoms with van der Waals surface area (Å²) >= 11 is 0. The molecule has 0 aliphatic rings. The van der Waals surface area contributed by atoms with Crippen molar-refractivity contribution in [1.29, 1.82) is 0 Å². The molecule has 1 heterocycles. The minimum atomic E-state index is -0.299. The van der Waals surface area contributed by atoms with Crippen molar-refractivity contribution in [3.8, 4) is 0 Å². The van der Waals surface area contributed by atoms with Gasteiger partial charge in [0.05, 0.1) is 0 Å². The van der Waals surface area contributed by atoms with Crippen molar-refractivity contribution in [2.45, 2.75) is 19.3 Å². The molecule has 1 aromatic carbocycles. The number of fused-ring (bicyclic) bond motifs is 1. The number of oxazole rings is 1. The summed E-state index contributed by atoms with van der Waals surface area (Å²) in [6.45, 7) is 0.675. The van der Waals surface area contributed by atoms with Crippen LogP contribution >= 0.6 is 0 Å². The lowest BCUT2D eigenvalue weighted by atomic mass is 10.2. The standard InChI is InChI=1S/C11H13FN2O/c12-8-4-5-9-10(7-8)15-11(14-9)3-1-2-6-13/h4-5,7H,1-3,6,13H2. The maximum absolute atomic E-state index is 12.8. The summed E-state index contributed by atoms with van der Waals surface area (Å²) in [6, 6.07) is 4.36. The van der Waals surface area contributed by atoms with Crippen LogP contribution in [-0.2, 0) is 6.42 Å². The van der Waals surface area contributed by atoms with Crippen molar-refractivity contribution in [2.75, 3.05) is 6.54 Å². The molecule has 0 spiro atoms. The Morgan fingerprint density at radius 2 is 2.20 bits per heavy atom.